The predicted molar refractivity (Wildman–Crippen MR) is 225 cm³/mol. The van der Waals surface area contributed by atoms with Crippen LogP contribution in [0.15, 0.2) is 109 Å². The summed E-state index contributed by atoms with van der Waals surface area (Å²) in [6.45, 7) is 0. The molecule has 0 N–H and O–H groups in total. The van der Waals surface area contributed by atoms with Crippen molar-refractivity contribution in [1.29, 1.82) is 0 Å². The Balaban J connectivity index is 1.05. The number of aldehydes is 1. The summed E-state index contributed by atoms with van der Waals surface area (Å²) >= 11 is 0. The molecule has 4 heterocycles. The van der Waals surface area contributed by atoms with Gasteiger partial charge in [0.2, 0.25) is 5.91 Å². The molecule has 12 rings (SSSR count). The minimum absolute atomic E-state index is 0.0850. The average molecular weight is 757 g/mol. The number of anilines is 1. The van der Waals surface area contributed by atoms with E-state index in [-0.39, 0.29) is 36.0 Å². The average Bonchev–Trinajstić information content (AvgIpc) is 3.28. The van der Waals surface area contributed by atoms with Gasteiger partial charge in [0, 0.05) is 65.4 Å². The summed E-state index contributed by atoms with van der Waals surface area (Å²) < 4.78 is 0. The van der Waals surface area contributed by atoms with Crippen molar-refractivity contribution in [1.82, 2.24) is 14.7 Å². The van der Waals surface area contributed by atoms with E-state index < -0.39 is 0 Å². The largest absolute Gasteiger partial charge is 0.362 e. The van der Waals surface area contributed by atoms with Gasteiger partial charge < -0.3 is 9.80 Å². The molecule has 14 unspecified atom stereocenters. The van der Waals surface area contributed by atoms with Gasteiger partial charge in [-0.25, -0.2) is 0 Å². The van der Waals surface area contributed by atoms with Crippen molar-refractivity contribution >= 4 is 17.9 Å². The number of carbonyl (C=O) groups excluding carboxylic acids is 2. The molecule has 4 aliphatic carbocycles. The summed E-state index contributed by atoms with van der Waals surface area (Å²) in [5, 5.41) is 0. The maximum Gasteiger partial charge on any atom is 0.226 e. The summed E-state index contributed by atoms with van der Waals surface area (Å²) in [4.78, 5) is 40.2. The van der Waals surface area contributed by atoms with E-state index in [1.54, 1.807) is 0 Å². The zero-order valence-corrected chi connectivity index (χ0v) is 33.2. The van der Waals surface area contributed by atoms with Crippen molar-refractivity contribution in [3.05, 3.63) is 126 Å². The van der Waals surface area contributed by atoms with Crippen LogP contribution in [0.3, 0.4) is 0 Å². The number of piperazine rings is 3. The Morgan fingerprint density at radius 3 is 1.93 bits per heavy atom. The van der Waals surface area contributed by atoms with E-state index in [9.17, 15) is 4.79 Å². The van der Waals surface area contributed by atoms with Gasteiger partial charge in [0.1, 0.15) is 6.29 Å². The smallest absolute Gasteiger partial charge is 0.226 e. The van der Waals surface area contributed by atoms with Crippen LogP contribution in [-0.4, -0.2) is 88.3 Å². The van der Waals surface area contributed by atoms with E-state index in [0.29, 0.717) is 53.9 Å². The fourth-order valence-electron chi connectivity index (χ4n) is 15.3. The molecule has 4 aliphatic heterocycles. The number of hydrogen-bond acceptors (Lipinski definition) is 5. The van der Waals surface area contributed by atoms with Gasteiger partial charge in [0.05, 0.1) is 12.1 Å². The number of amides is 1. The van der Waals surface area contributed by atoms with Crippen LogP contribution in [-0.2, 0) is 4.79 Å². The first-order valence-corrected chi connectivity index (χ1v) is 22.4. The second-order valence-electron chi connectivity index (χ2n) is 19.2. The lowest BCUT2D eigenvalue weighted by Gasteiger charge is -2.77. The van der Waals surface area contributed by atoms with E-state index in [1.165, 1.54) is 60.0 Å². The number of rotatable bonds is 5. The van der Waals surface area contributed by atoms with Gasteiger partial charge in [-0.05, 0) is 123 Å². The lowest BCUT2D eigenvalue weighted by atomic mass is 9.52. The Morgan fingerprint density at radius 1 is 0.561 bits per heavy atom. The minimum atomic E-state index is 0.0850. The number of likely N-dealkylation sites (N-methyl/N-ethyl adjacent to an activating group) is 1. The second kappa shape index (κ2) is 13.4. The van der Waals surface area contributed by atoms with Crippen molar-refractivity contribution in [2.45, 2.75) is 130 Å². The highest BCUT2D eigenvalue weighted by molar-refractivity contribution is 5.83. The first-order valence-electron chi connectivity index (χ1n) is 22.4. The van der Waals surface area contributed by atoms with Crippen molar-refractivity contribution in [2.75, 3.05) is 11.9 Å². The molecule has 4 aromatic carbocycles. The van der Waals surface area contributed by atoms with Gasteiger partial charge in [-0.3, -0.25) is 19.4 Å². The summed E-state index contributed by atoms with van der Waals surface area (Å²) in [6, 6.07) is 42.9. The van der Waals surface area contributed by atoms with Crippen molar-refractivity contribution in [3.8, 4) is 11.1 Å². The zero-order valence-electron chi connectivity index (χ0n) is 33.2. The van der Waals surface area contributed by atoms with Crippen LogP contribution in [0.1, 0.15) is 97.5 Å². The Labute approximate surface area is 338 Å². The Morgan fingerprint density at radius 2 is 1.21 bits per heavy atom. The number of hydrogen-bond donors (Lipinski definition) is 0. The molecular weight excluding hydrogens is 701 g/mol. The molecular formula is C51H56N4O2. The fourth-order valence-corrected chi connectivity index (χ4v) is 15.3. The number of benzene rings is 4. The fraction of sp³-hybridized carbons (Fsp3) is 0.490. The standard InChI is InChI=1S/C51H56N4O2/c1-52-42-19-11-20-43-48(42)55-49-44(53(43)36-17-9-4-10-18-36)21-12-22-45(49)54-47-41(39-28-34(25-26-37(39)51(54)57)32-15-7-3-8-16-32)29-40(46(52)50(47)55)38-27-33(23-24-35(38)30-56)31-13-5-2-6-14-31/h2-10,13-18,23-24,27,30,34,37,39-50H,11-12,19-22,25-26,28-29H2,1H3. The molecule has 4 aromatic rings. The summed E-state index contributed by atoms with van der Waals surface area (Å²) in [5.74, 6) is 2.00. The third-order valence-corrected chi connectivity index (χ3v) is 17.1. The molecule has 57 heavy (non-hydrogen) atoms. The van der Waals surface area contributed by atoms with Crippen LogP contribution in [0, 0.1) is 17.8 Å². The maximum atomic E-state index is 15.6. The molecule has 0 aromatic heterocycles. The lowest BCUT2D eigenvalue weighted by Crippen LogP contribution is -2.91. The molecule has 6 nitrogen and oxygen atoms in total. The van der Waals surface area contributed by atoms with E-state index in [4.69, 9.17) is 0 Å². The number of carbonyl (C=O) groups is 2. The molecule has 4 saturated carbocycles. The third-order valence-electron chi connectivity index (χ3n) is 17.1. The summed E-state index contributed by atoms with van der Waals surface area (Å²) in [7, 11) is 2.44. The first kappa shape index (κ1) is 34.8. The van der Waals surface area contributed by atoms with E-state index in [2.05, 4.69) is 136 Å². The molecule has 6 heteroatoms. The SMILES string of the molecule is CN1C2CCCC3C2N2C4C1C(c1cc(-c5ccccc5)ccc1C=O)CC1C5CC(c6ccccc6)CCC5C(=O)N(C5CCCC(C52)N3c2ccccc2)C14. The van der Waals surface area contributed by atoms with Crippen LogP contribution in [0.2, 0.25) is 0 Å². The molecule has 1 amide bonds. The van der Waals surface area contributed by atoms with Crippen molar-refractivity contribution in [3.63, 3.8) is 0 Å². The van der Waals surface area contributed by atoms with Crippen LogP contribution < -0.4 is 4.90 Å². The zero-order chi connectivity index (χ0) is 37.9. The highest BCUT2D eigenvalue weighted by Gasteiger charge is 2.71. The van der Waals surface area contributed by atoms with Gasteiger partial charge in [-0.1, -0.05) is 97.1 Å². The van der Waals surface area contributed by atoms with Gasteiger partial charge in [0.15, 0.2) is 0 Å². The molecule has 0 radical (unpaired) electrons. The molecule has 4 saturated heterocycles. The van der Waals surface area contributed by atoms with Crippen LogP contribution in [0.4, 0.5) is 5.69 Å². The number of nitrogens with zero attached hydrogens (tertiary/aromatic N) is 4. The van der Waals surface area contributed by atoms with E-state index in [0.717, 1.165) is 44.0 Å². The van der Waals surface area contributed by atoms with Gasteiger partial charge in [0.25, 0.3) is 0 Å². The third kappa shape index (κ3) is 5.02. The van der Waals surface area contributed by atoms with E-state index in [1.807, 2.05) is 0 Å². The highest BCUT2D eigenvalue weighted by atomic mass is 16.2. The first-order chi connectivity index (χ1) is 28.1. The van der Waals surface area contributed by atoms with Crippen LogP contribution >= 0.6 is 0 Å². The van der Waals surface area contributed by atoms with E-state index >= 15 is 4.79 Å². The van der Waals surface area contributed by atoms with Crippen molar-refractivity contribution in [2.24, 2.45) is 17.8 Å². The highest BCUT2D eigenvalue weighted by Crippen LogP contribution is 2.62. The number of fused-ring (bicyclic) bond motifs is 3. The monoisotopic (exact) mass is 756 g/mol. The van der Waals surface area contributed by atoms with Crippen molar-refractivity contribution < 1.29 is 9.59 Å². The summed E-state index contributed by atoms with van der Waals surface area (Å²) in [6.07, 6.45) is 12.5. The molecule has 8 fully saturated rings. The number of piperidine rings is 1. The molecule has 292 valence electrons. The van der Waals surface area contributed by atoms with Gasteiger partial charge in [-0.15, -0.1) is 0 Å². The predicted octanol–water partition coefficient (Wildman–Crippen LogP) is 8.78. The Bertz CT molecular complexity index is 2160. The lowest BCUT2D eigenvalue weighted by molar-refractivity contribution is -0.237. The molecule has 0 bridgehead atoms. The molecule has 14 atom stereocenters. The number of para-hydroxylation sites is 1. The van der Waals surface area contributed by atoms with Crippen LogP contribution in [0.5, 0.6) is 0 Å². The van der Waals surface area contributed by atoms with Crippen LogP contribution in [0.25, 0.3) is 11.1 Å². The second-order valence-corrected chi connectivity index (χ2v) is 19.2. The van der Waals surface area contributed by atoms with Gasteiger partial charge in [-0.2, -0.15) is 0 Å². The maximum absolute atomic E-state index is 15.6. The molecule has 8 aliphatic rings. The minimum Gasteiger partial charge on any atom is -0.362 e. The Kier molecular flexibility index (Phi) is 8.16. The molecule has 0 spiro atoms. The quantitative estimate of drug-likeness (QED) is 0.191. The topological polar surface area (TPSA) is 47.1 Å². The summed E-state index contributed by atoms with van der Waals surface area (Å²) in [5.41, 5.74) is 7.29. The Hall–Kier alpha value is -4.26. The normalized spacial score (nSPS) is 39.2. The van der Waals surface area contributed by atoms with Gasteiger partial charge >= 0.3 is 0 Å².